The van der Waals surface area contributed by atoms with E-state index in [0.717, 1.165) is 124 Å². The normalized spacial score (nSPS) is 10.8. The molecule has 12 N–H and O–H groups in total. The van der Waals surface area contributed by atoms with Crippen LogP contribution >= 0.6 is 11.6 Å². The number of rotatable bonds is 23. The van der Waals surface area contributed by atoms with Crippen molar-refractivity contribution in [1.29, 1.82) is 0 Å². The average Bonchev–Trinajstić information content (AvgIpc) is 3.60. The summed E-state index contributed by atoms with van der Waals surface area (Å²) in [5, 5.41) is 16.6. The Morgan fingerprint density at radius 3 is 1.21 bits per heavy atom. The summed E-state index contributed by atoms with van der Waals surface area (Å²) in [6.45, 7) is 40.4. The number of methoxy groups -OCH3 is 3. The summed E-state index contributed by atoms with van der Waals surface area (Å²) < 4.78 is 16.5. The van der Waals surface area contributed by atoms with Gasteiger partial charge in [-0.1, -0.05) is 63.8 Å². The van der Waals surface area contributed by atoms with E-state index in [2.05, 4.69) is 71.0 Å². The van der Waals surface area contributed by atoms with E-state index >= 15 is 0 Å². The van der Waals surface area contributed by atoms with Gasteiger partial charge in [-0.25, -0.2) is 33.1 Å². The van der Waals surface area contributed by atoms with Gasteiger partial charge in [0.15, 0.2) is 0 Å². The number of nitrogen functional groups attached to an aromatic ring is 3. The van der Waals surface area contributed by atoms with Crippen LogP contribution in [0.3, 0.4) is 0 Å². The van der Waals surface area contributed by atoms with Crippen LogP contribution in [0.25, 0.3) is 9.69 Å². The van der Waals surface area contributed by atoms with Crippen LogP contribution in [0.15, 0.2) is 54.6 Å². The van der Waals surface area contributed by atoms with Crippen LogP contribution in [0.5, 0.6) is 17.2 Å². The first-order chi connectivity index (χ1) is 39.2. The van der Waals surface area contributed by atoms with Crippen molar-refractivity contribution in [1.82, 2.24) is 29.9 Å². The van der Waals surface area contributed by atoms with Crippen LogP contribution < -0.4 is 99.2 Å². The van der Waals surface area contributed by atoms with Crippen molar-refractivity contribution in [3.8, 4) is 17.2 Å². The van der Waals surface area contributed by atoms with Gasteiger partial charge < -0.3 is 68.1 Å². The average molecular weight is 1210 g/mol. The Morgan fingerprint density at radius 2 is 0.906 bits per heavy atom. The monoisotopic (exact) mass is 1210 g/mol. The van der Waals surface area contributed by atoms with Crippen molar-refractivity contribution in [2.24, 2.45) is 5.73 Å². The van der Waals surface area contributed by atoms with Crippen LogP contribution in [-0.2, 0) is 40.5 Å². The number of carbonyl (C=O) groups is 1. The van der Waals surface area contributed by atoms with Crippen LogP contribution in [0.2, 0.25) is 5.15 Å². The SMILES string of the molecule is CCCCN.CCCCNc1nc(N)nc(C)c1Cc1cc(C(C)(C)C(=O)O)ccc1OC.[C-]#[N+]C(C)(C)c1ccc(OC)c(Cc2c(C)nc(N)nc2Cl)c1.[C-]#[N+]C(C)(C)c1ccc(OC)c(Cc2c(C)nc(N)nc2NCCCC)c1.[K+].[OH-]. The minimum Gasteiger partial charge on any atom is -0.870 e. The molecule has 0 saturated heterocycles. The van der Waals surface area contributed by atoms with Crippen LogP contribution in [0.4, 0.5) is 29.5 Å². The molecule has 0 spiro atoms. The van der Waals surface area contributed by atoms with E-state index in [4.69, 9.17) is 61.9 Å². The van der Waals surface area contributed by atoms with Gasteiger partial charge in [0, 0.05) is 105 Å². The Balaban J connectivity index is 0.000000607. The first-order valence-corrected chi connectivity index (χ1v) is 28.3. The standard InChI is InChI=1S/C21H29N5O.C21H30N4O3.C17H19ClN4O.C4H11N.K.H2O/c1-7-8-11-24-19-17(14(2)25-20(22)26-19)13-15-12-16(21(3,4)23-5)9-10-18(15)27-6;1-6-7-10-23-18-16(13(2)24-20(22)25-18)12-14-11-15(8-9-17(14)28-5)21(3,4)19(26)27;1-10-13(15(18)22-16(19)21-10)9-11-8-12(17(2,3)20-4)6-7-14(11)23-5;1-2-3-4-5;;/h9-10,12H,7-8,11,13H2,1-4,6H3,(H3,22,24,25,26);8-9,11H,6-7,10,12H2,1-5H3,(H,26,27)(H3,22,23,24,25);6-8H,9H2,1-3,5H3,(H2,19,21,22);2-5H2,1H3;;1H2/q;;;;+1;/p-1. The Bertz CT molecular complexity index is 3180. The molecule has 0 radical (unpaired) electrons. The third-order valence-electron chi connectivity index (χ3n) is 14.0. The number of carboxylic acid groups (broad SMARTS) is 1. The van der Waals surface area contributed by atoms with Crippen molar-refractivity contribution in [2.45, 2.75) is 157 Å². The molecule has 0 aliphatic rings. The number of halogens is 1. The van der Waals surface area contributed by atoms with Crippen molar-refractivity contribution < 1.29 is 81.0 Å². The first kappa shape index (κ1) is 76.6. The second kappa shape index (κ2) is 36.6. The van der Waals surface area contributed by atoms with Gasteiger partial charge in [-0.3, -0.25) is 4.79 Å². The summed E-state index contributed by atoms with van der Waals surface area (Å²) in [6, 6.07) is 17.2. The minimum atomic E-state index is -1.00. The third kappa shape index (κ3) is 22.4. The zero-order chi connectivity index (χ0) is 62.2. The molecule has 3 aromatic heterocycles. The molecule has 22 heteroatoms. The fourth-order valence-corrected chi connectivity index (χ4v) is 8.72. The van der Waals surface area contributed by atoms with Gasteiger partial charge in [0.25, 0.3) is 11.1 Å². The number of ether oxygens (including phenoxy) is 3. The smallest absolute Gasteiger partial charge is 0.870 e. The Hall–Kier alpha value is -6.40. The first-order valence-electron chi connectivity index (χ1n) is 28.0. The van der Waals surface area contributed by atoms with Gasteiger partial charge in [0.05, 0.1) is 26.7 Å². The van der Waals surface area contributed by atoms with E-state index in [-0.39, 0.29) is 74.7 Å². The van der Waals surface area contributed by atoms with Gasteiger partial charge in [-0.15, -0.1) is 0 Å². The maximum Gasteiger partial charge on any atom is 1.00 e. The second-order valence-electron chi connectivity index (χ2n) is 21.5. The number of nitrogens with one attached hydrogen (secondary N) is 2. The summed E-state index contributed by atoms with van der Waals surface area (Å²) in [4.78, 5) is 44.7. The predicted octanol–water partition coefficient (Wildman–Crippen LogP) is 9.22. The third-order valence-corrected chi connectivity index (χ3v) is 14.3. The molecule has 6 rings (SSSR count). The molecule has 0 fully saturated rings. The zero-order valence-electron chi connectivity index (χ0n) is 53.0. The molecule has 0 aliphatic heterocycles. The van der Waals surface area contributed by atoms with Crippen molar-refractivity contribution in [3.05, 3.63) is 150 Å². The number of nitrogens with two attached hydrogens (primary N) is 4. The summed E-state index contributed by atoms with van der Waals surface area (Å²) in [5.74, 6) is 3.48. The topological polar surface area (TPSA) is 309 Å². The van der Waals surface area contributed by atoms with E-state index < -0.39 is 22.5 Å². The minimum absolute atomic E-state index is 0. The molecule has 0 amide bonds. The van der Waals surface area contributed by atoms with Gasteiger partial charge >= 0.3 is 57.4 Å². The number of nitrogens with zero attached hydrogens (tertiary/aromatic N) is 8. The molecule has 3 aromatic carbocycles. The number of aryl methyl sites for hydroxylation is 3. The number of carboxylic acids is 1. The van der Waals surface area contributed by atoms with E-state index in [1.54, 1.807) is 41.2 Å². The summed E-state index contributed by atoms with van der Waals surface area (Å²) >= 11 is 6.22. The summed E-state index contributed by atoms with van der Waals surface area (Å²) in [5.41, 5.74) is 30.8. The van der Waals surface area contributed by atoms with Crippen molar-refractivity contribution >= 4 is 47.1 Å². The maximum absolute atomic E-state index is 11.7. The molecule has 6 aromatic rings. The van der Waals surface area contributed by atoms with Crippen LogP contribution in [0.1, 0.15) is 168 Å². The van der Waals surface area contributed by atoms with Gasteiger partial charge in [0.2, 0.25) is 17.8 Å². The molecule has 0 atom stereocenters. The number of unbranched alkanes of at least 4 members (excludes halogenated alkanes) is 3. The number of hydrogen-bond donors (Lipinski definition) is 7. The molecular formula is C63H90ClKN14O6. The molecule has 456 valence electrons. The fraction of sp³-hybridized carbons (Fsp3) is 0.476. The Kier molecular flexibility index (Phi) is 32.9. The Labute approximate surface area is 552 Å². The number of benzene rings is 3. The van der Waals surface area contributed by atoms with E-state index in [1.807, 2.05) is 97.0 Å². The van der Waals surface area contributed by atoms with Crippen molar-refractivity contribution in [3.63, 3.8) is 0 Å². The van der Waals surface area contributed by atoms with Gasteiger partial charge in [0.1, 0.15) is 34.0 Å². The Morgan fingerprint density at radius 1 is 0.576 bits per heavy atom. The van der Waals surface area contributed by atoms with Gasteiger partial charge in [-0.05, 0) is 125 Å². The summed E-state index contributed by atoms with van der Waals surface area (Å²) in [6.07, 6.45) is 8.26. The van der Waals surface area contributed by atoms with Crippen LogP contribution in [-0.4, -0.2) is 87.4 Å². The molecule has 0 aliphatic carbocycles. The molecule has 0 unspecified atom stereocenters. The molecule has 85 heavy (non-hydrogen) atoms. The largest absolute Gasteiger partial charge is 1.00 e. The van der Waals surface area contributed by atoms with E-state index in [9.17, 15) is 9.90 Å². The second-order valence-corrected chi connectivity index (χ2v) is 21.9. The molecule has 0 bridgehead atoms. The maximum atomic E-state index is 11.7. The predicted molar refractivity (Wildman–Crippen MR) is 339 cm³/mol. The number of aromatic nitrogens is 6. The van der Waals surface area contributed by atoms with Crippen LogP contribution in [0, 0.1) is 33.9 Å². The number of hydrogen-bond acceptors (Lipinski definition) is 17. The molecule has 20 nitrogen and oxygen atoms in total. The quantitative estimate of drug-likeness (QED) is 0.0136. The molecular weight excluding hydrogens is 1120 g/mol. The van der Waals surface area contributed by atoms with E-state index in [0.29, 0.717) is 41.5 Å². The summed E-state index contributed by atoms with van der Waals surface area (Å²) in [7, 11) is 4.88. The fourth-order valence-electron chi connectivity index (χ4n) is 8.43. The number of anilines is 5. The van der Waals surface area contributed by atoms with Gasteiger partial charge in [-0.2, -0.15) is 9.97 Å². The number of aliphatic carboxylic acids is 1. The van der Waals surface area contributed by atoms with Crippen molar-refractivity contribution in [2.75, 3.05) is 68.8 Å². The molecule has 0 saturated carbocycles. The molecule has 3 heterocycles. The van der Waals surface area contributed by atoms with E-state index in [1.165, 1.54) is 12.8 Å². The zero-order valence-corrected chi connectivity index (χ0v) is 56.9.